The standard InChI is InChI=1S/C34H51N7O7/c1-34(2,3)48-32(44)23-47-17-16-46-15-11-35-31(43)22-40-13-9-27(10-14-40)39-30-18-29(37-24-38-30)33(45)36-19-28(42)21-41-12-8-25-6-4-5-7-26(25)20-41/h4-7,18,24,27-28,42H,8-17,19-23H2,1-3H3,(H,35,43)(H,36,45)(H,37,38,39)/t28-/m0/s1. The minimum atomic E-state index is -0.692. The van der Waals surface area contributed by atoms with Gasteiger partial charge in [0.2, 0.25) is 5.91 Å². The number of nitrogens with one attached hydrogen (secondary N) is 3. The highest BCUT2D eigenvalue weighted by Gasteiger charge is 2.23. The van der Waals surface area contributed by atoms with Gasteiger partial charge in [0.15, 0.2) is 0 Å². The lowest BCUT2D eigenvalue weighted by Crippen LogP contribution is -2.44. The summed E-state index contributed by atoms with van der Waals surface area (Å²) in [6.45, 7) is 10.7. The molecule has 14 nitrogen and oxygen atoms in total. The van der Waals surface area contributed by atoms with Crippen molar-refractivity contribution in [3.63, 3.8) is 0 Å². The zero-order chi connectivity index (χ0) is 34.4. The third-order valence-corrected chi connectivity index (χ3v) is 7.96. The van der Waals surface area contributed by atoms with E-state index in [1.165, 1.54) is 17.5 Å². The molecule has 1 atom stereocenters. The Bertz CT molecular complexity index is 1330. The summed E-state index contributed by atoms with van der Waals surface area (Å²) < 4.78 is 15.9. The Morgan fingerprint density at radius 2 is 1.73 bits per heavy atom. The molecule has 0 unspecified atom stereocenters. The van der Waals surface area contributed by atoms with Gasteiger partial charge < -0.3 is 35.3 Å². The minimum Gasteiger partial charge on any atom is -0.458 e. The molecule has 2 amide bonds. The molecule has 1 saturated heterocycles. The van der Waals surface area contributed by atoms with Crippen molar-refractivity contribution in [1.29, 1.82) is 0 Å². The largest absolute Gasteiger partial charge is 0.458 e. The monoisotopic (exact) mass is 669 g/mol. The second-order valence-corrected chi connectivity index (χ2v) is 13.2. The molecule has 4 rings (SSSR count). The number of β-amino-alcohol motifs (C(OH)–C–C–N with tert-alkyl or cyclic N) is 1. The molecule has 2 aliphatic rings. The molecular formula is C34H51N7O7. The van der Waals surface area contributed by atoms with Crippen molar-refractivity contribution >= 4 is 23.6 Å². The molecule has 4 N–H and O–H groups in total. The van der Waals surface area contributed by atoms with E-state index in [-0.39, 0.29) is 43.3 Å². The molecule has 0 aliphatic carbocycles. The van der Waals surface area contributed by atoms with Gasteiger partial charge in [0.05, 0.1) is 32.5 Å². The number of anilines is 1. The number of hydrogen-bond acceptors (Lipinski definition) is 12. The number of likely N-dealkylation sites (tertiary alicyclic amines) is 1. The van der Waals surface area contributed by atoms with Crippen LogP contribution in [0.2, 0.25) is 0 Å². The summed E-state index contributed by atoms with van der Waals surface area (Å²) in [6, 6.07) is 10.1. The summed E-state index contributed by atoms with van der Waals surface area (Å²) in [5, 5.41) is 19.6. The maximum Gasteiger partial charge on any atom is 0.332 e. The van der Waals surface area contributed by atoms with E-state index in [1.807, 2.05) is 6.07 Å². The van der Waals surface area contributed by atoms with Crippen LogP contribution in [0, 0.1) is 0 Å². The minimum absolute atomic E-state index is 0.0657. The smallest absolute Gasteiger partial charge is 0.332 e. The van der Waals surface area contributed by atoms with E-state index < -0.39 is 17.7 Å². The van der Waals surface area contributed by atoms with E-state index in [4.69, 9.17) is 14.2 Å². The zero-order valence-electron chi connectivity index (χ0n) is 28.4. The summed E-state index contributed by atoms with van der Waals surface area (Å²) >= 11 is 0. The Labute approximate surface area is 282 Å². The van der Waals surface area contributed by atoms with Crippen molar-refractivity contribution in [2.45, 2.75) is 64.3 Å². The van der Waals surface area contributed by atoms with Crippen LogP contribution in [0.25, 0.3) is 0 Å². The molecule has 0 spiro atoms. The van der Waals surface area contributed by atoms with Gasteiger partial charge in [0, 0.05) is 57.9 Å². The molecule has 48 heavy (non-hydrogen) atoms. The number of fused-ring (bicyclic) bond motifs is 1. The van der Waals surface area contributed by atoms with Crippen molar-refractivity contribution in [2.75, 3.05) is 77.6 Å². The van der Waals surface area contributed by atoms with Gasteiger partial charge in [-0.2, -0.15) is 0 Å². The number of aromatic nitrogens is 2. The van der Waals surface area contributed by atoms with Crippen LogP contribution < -0.4 is 16.0 Å². The number of aliphatic hydroxyl groups excluding tert-OH is 1. The third-order valence-electron chi connectivity index (χ3n) is 7.96. The number of rotatable bonds is 17. The van der Waals surface area contributed by atoms with Gasteiger partial charge in [-0.05, 0) is 51.2 Å². The van der Waals surface area contributed by atoms with E-state index in [0.29, 0.717) is 38.7 Å². The van der Waals surface area contributed by atoms with E-state index in [2.05, 4.69) is 53.9 Å². The summed E-state index contributed by atoms with van der Waals surface area (Å²) in [6.07, 6.45) is 3.26. The third kappa shape index (κ3) is 13.4. The summed E-state index contributed by atoms with van der Waals surface area (Å²) in [4.78, 5) is 49.5. The SMILES string of the molecule is CC(C)(C)OC(=O)COCCOCCNC(=O)CN1CCC(Nc2cc(C(=O)NC[C@H](O)CN3CCc4ccccc4C3)ncn2)CC1. The number of carbonyl (C=O) groups is 3. The number of ether oxygens (including phenoxy) is 3. The molecule has 0 bridgehead atoms. The van der Waals surface area contributed by atoms with E-state index >= 15 is 0 Å². The van der Waals surface area contributed by atoms with Gasteiger partial charge in [-0.25, -0.2) is 14.8 Å². The zero-order valence-corrected chi connectivity index (χ0v) is 28.4. The maximum atomic E-state index is 12.8. The van der Waals surface area contributed by atoms with Crippen LogP contribution in [0.15, 0.2) is 36.7 Å². The van der Waals surface area contributed by atoms with Crippen LogP contribution in [0.4, 0.5) is 5.82 Å². The fraction of sp³-hybridized carbons (Fsp3) is 0.618. The second-order valence-electron chi connectivity index (χ2n) is 13.2. The molecule has 3 heterocycles. The van der Waals surface area contributed by atoms with Crippen LogP contribution >= 0.6 is 0 Å². The second kappa shape index (κ2) is 18.7. The summed E-state index contributed by atoms with van der Waals surface area (Å²) in [5.74, 6) is -0.277. The fourth-order valence-electron chi connectivity index (χ4n) is 5.65. The average molecular weight is 670 g/mol. The molecule has 2 aromatic rings. The van der Waals surface area contributed by atoms with Gasteiger partial charge in [-0.3, -0.25) is 19.4 Å². The normalized spacial score (nSPS) is 16.5. The highest BCUT2D eigenvalue weighted by molar-refractivity contribution is 5.92. The Morgan fingerprint density at radius 3 is 2.50 bits per heavy atom. The van der Waals surface area contributed by atoms with E-state index in [0.717, 1.165) is 45.4 Å². The van der Waals surface area contributed by atoms with Gasteiger partial charge in [-0.15, -0.1) is 0 Å². The quantitative estimate of drug-likeness (QED) is 0.140. The van der Waals surface area contributed by atoms with Crippen molar-refractivity contribution < 1.29 is 33.7 Å². The molecule has 0 saturated carbocycles. The predicted octanol–water partition coefficient (Wildman–Crippen LogP) is 0.993. The molecular weight excluding hydrogens is 618 g/mol. The van der Waals surface area contributed by atoms with E-state index in [1.54, 1.807) is 26.8 Å². The molecule has 1 aromatic heterocycles. The number of aliphatic hydroxyl groups is 1. The van der Waals surface area contributed by atoms with Crippen molar-refractivity contribution in [1.82, 2.24) is 30.4 Å². The lowest BCUT2D eigenvalue weighted by molar-refractivity contribution is -0.160. The molecule has 0 radical (unpaired) electrons. The van der Waals surface area contributed by atoms with Crippen LogP contribution in [0.5, 0.6) is 0 Å². The van der Waals surface area contributed by atoms with Gasteiger partial charge in [0.1, 0.15) is 30.0 Å². The first-order valence-corrected chi connectivity index (χ1v) is 16.7. The first-order chi connectivity index (χ1) is 23.0. The number of nitrogens with zero attached hydrogens (tertiary/aromatic N) is 4. The van der Waals surface area contributed by atoms with Crippen LogP contribution in [-0.2, 0) is 36.8 Å². The number of hydrogen-bond donors (Lipinski definition) is 4. The first-order valence-electron chi connectivity index (χ1n) is 16.7. The molecule has 1 aromatic carbocycles. The number of esters is 1. The Kier molecular flexibility index (Phi) is 14.5. The number of piperidine rings is 1. The molecule has 1 fully saturated rings. The average Bonchev–Trinajstić information content (AvgIpc) is 3.05. The Morgan fingerprint density at radius 1 is 0.979 bits per heavy atom. The fourth-order valence-corrected chi connectivity index (χ4v) is 5.65. The van der Waals surface area contributed by atoms with Crippen LogP contribution in [0.1, 0.15) is 55.2 Å². The number of benzene rings is 1. The predicted molar refractivity (Wildman–Crippen MR) is 179 cm³/mol. The highest BCUT2D eigenvalue weighted by Crippen LogP contribution is 2.19. The topological polar surface area (TPSA) is 167 Å². The Balaban J connectivity index is 1.05. The number of carbonyl (C=O) groups excluding carboxylic acids is 3. The highest BCUT2D eigenvalue weighted by atomic mass is 16.6. The lowest BCUT2D eigenvalue weighted by Gasteiger charge is -2.32. The van der Waals surface area contributed by atoms with Gasteiger partial charge >= 0.3 is 5.97 Å². The van der Waals surface area contributed by atoms with E-state index in [9.17, 15) is 19.5 Å². The Hall–Kier alpha value is -3.69. The number of amides is 2. The van der Waals surface area contributed by atoms with Crippen LogP contribution in [0.3, 0.4) is 0 Å². The maximum absolute atomic E-state index is 12.8. The summed E-state index contributed by atoms with van der Waals surface area (Å²) in [5.41, 5.74) is 2.33. The lowest BCUT2D eigenvalue weighted by atomic mass is 10.00. The molecule has 14 heteroatoms. The first kappa shape index (κ1) is 37.1. The van der Waals surface area contributed by atoms with Crippen molar-refractivity contribution in [2.24, 2.45) is 0 Å². The van der Waals surface area contributed by atoms with Crippen molar-refractivity contribution in [3.05, 3.63) is 53.5 Å². The van der Waals surface area contributed by atoms with Crippen LogP contribution in [-0.4, -0.2) is 133 Å². The molecule has 2 aliphatic heterocycles. The summed E-state index contributed by atoms with van der Waals surface area (Å²) in [7, 11) is 0. The molecule has 264 valence electrons. The van der Waals surface area contributed by atoms with Gasteiger partial charge in [0.25, 0.3) is 5.91 Å². The van der Waals surface area contributed by atoms with Gasteiger partial charge in [-0.1, -0.05) is 24.3 Å². The van der Waals surface area contributed by atoms with Crippen molar-refractivity contribution in [3.8, 4) is 0 Å².